The van der Waals surface area contributed by atoms with E-state index in [1.54, 1.807) is 4.57 Å². The maximum atomic E-state index is 13.4. The van der Waals surface area contributed by atoms with Gasteiger partial charge in [0.05, 0.1) is 12.1 Å². The van der Waals surface area contributed by atoms with Crippen LogP contribution in [0.3, 0.4) is 0 Å². The van der Waals surface area contributed by atoms with E-state index < -0.39 is 0 Å². The van der Waals surface area contributed by atoms with Crippen molar-refractivity contribution in [2.45, 2.75) is 58.2 Å². The van der Waals surface area contributed by atoms with Gasteiger partial charge in [0, 0.05) is 6.04 Å². The summed E-state index contributed by atoms with van der Waals surface area (Å²) in [5, 5.41) is 0. The van der Waals surface area contributed by atoms with E-state index in [0.29, 0.717) is 18.0 Å². The number of rotatable bonds is 1. The number of hydrogen-bond donors (Lipinski definition) is 0. The third kappa shape index (κ3) is 0.875. The lowest BCUT2D eigenvalue weighted by Crippen LogP contribution is -2.91. The minimum Gasteiger partial charge on any atom is -0.246 e. The first-order chi connectivity index (χ1) is 11.9. The van der Waals surface area contributed by atoms with Crippen molar-refractivity contribution in [3.05, 3.63) is 21.0 Å². The Balaban J connectivity index is 1.36. The standard InChI is InChI=1S/C20H25N3O2/c1-19(2)7-4-5-20(19,3)8(6-7)21-17(24)22-15-11-9-10-13(11)16(14(10)12(9)15)23(22)18(21)25/h7-16H,4-6H2,1-3H3. The zero-order valence-electron chi connectivity index (χ0n) is 15.1. The van der Waals surface area contributed by atoms with Crippen LogP contribution in [0.4, 0.5) is 0 Å². The van der Waals surface area contributed by atoms with E-state index in [9.17, 15) is 9.59 Å². The smallest absolute Gasteiger partial charge is 0.246 e. The predicted octanol–water partition coefficient (Wildman–Crippen LogP) is 2.05. The maximum absolute atomic E-state index is 13.4. The van der Waals surface area contributed by atoms with Crippen molar-refractivity contribution in [1.29, 1.82) is 0 Å². The summed E-state index contributed by atoms with van der Waals surface area (Å²) >= 11 is 0. The third-order valence-electron chi connectivity index (χ3n) is 11.3. The first-order valence-electron chi connectivity index (χ1n) is 10.3. The summed E-state index contributed by atoms with van der Waals surface area (Å²) in [6.45, 7) is 7.06. The van der Waals surface area contributed by atoms with Crippen molar-refractivity contribution in [1.82, 2.24) is 13.9 Å². The molecule has 0 aromatic carbocycles. The van der Waals surface area contributed by atoms with Gasteiger partial charge in [-0.15, -0.1) is 0 Å². The lowest BCUT2D eigenvalue weighted by molar-refractivity contribution is -0.450. The monoisotopic (exact) mass is 339 g/mol. The topological polar surface area (TPSA) is 48.9 Å². The molecular formula is C20H25N3O2. The van der Waals surface area contributed by atoms with Gasteiger partial charge in [0.25, 0.3) is 0 Å². The highest BCUT2D eigenvalue weighted by molar-refractivity contribution is 5.37. The van der Waals surface area contributed by atoms with Gasteiger partial charge in [0.1, 0.15) is 0 Å². The molecular weight excluding hydrogens is 314 g/mol. The molecule has 8 aliphatic rings. The van der Waals surface area contributed by atoms with Crippen molar-refractivity contribution in [2.75, 3.05) is 0 Å². The molecule has 3 heterocycles. The Morgan fingerprint density at radius 2 is 1.36 bits per heavy atom. The first-order valence-corrected chi connectivity index (χ1v) is 10.3. The van der Waals surface area contributed by atoms with E-state index >= 15 is 0 Å². The van der Waals surface area contributed by atoms with Gasteiger partial charge in [-0.3, -0.25) is 0 Å². The second-order valence-corrected chi connectivity index (χ2v) is 11.2. The fraction of sp³-hybridized carbons (Fsp3) is 0.900. The maximum Gasteiger partial charge on any atom is 0.347 e. The van der Waals surface area contributed by atoms with Crippen molar-refractivity contribution in [2.24, 2.45) is 52.3 Å². The average molecular weight is 339 g/mol. The molecule has 0 N–H and O–H groups in total. The molecule has 6 saturated carbocycles. The third-order valence-corrected chi connectivity index (χ3v) is 11.3. The normalized spacial score (nSPS) is 61.7. The predicted molar refractivity (Wildman–Crippen MR) is 90.2 cm³/mol. The summed E-state index contributed by atoms with van der Waals surface area (Å²) < 4.78 is 5.62. The molecule has 7 unspecified atom stereocenters. The number of nitrogens with zero attached hydrogens (tertiary/aromatic N) is 3. The van der Waals surface area contributed by atoms with Crippen molar-refractivity contribution in [3.63, 3.8) is 0 Å². The molecule has 0 spiro atoms. The summed E-state index contributed by atoms with van der Waals surface area (Å²) in [6, 6.07) is 0.845. The second-order valence-electron chi connectivity index (χ2n) is 11.2. The van der Waals surface area contributed by atoms with Crippen LogP contribution in [-0.4, -0.2) is 13.9 Å². The molecule has 4 bridgehead atoms. The molecule has 9 rings (SSSR count). The Morgan fingerprint density at radius 3 is 1.76 bits per heavy atom. The molecule has 0 radical (unpaired) electrons. The van der Waals surface area contributed by atoms with Crippen LogP contribution in [0.2, 0.25) is 0 Å². The van der Waals surface area contributed by atoms with Crippen molar-refractivity contribution in [3.8, 4) is 0 Å². The summed E-state index contributed by atoms with van der Waals surface area (Å²) in [7, 11) is 0. The van der Waals surface area contributed by atoms with Crippen LogP contribution >= 0.6 is 0 Å². The SMILES string of the molecule is CC1(C)C2CCC1(C)C(n1c(=O)n3n(c1=O)C1C4C5C6C4C3C6C51)C2. The number of fused-ring (bicyclic) bond motifs is 2. The molecule has 0 amide bonds. The Bertz CT molecular complexity index is 936. The van der Waals surface area contributed by atoms with Gasteiger partial charge in [-0.1, -0.05) is 20.8 Å². The van der Waals surface area contributed by atoms with E-state index in [2.05, 4.69) is 20.8 Å². The van der Waals surface area contributed by atoms with Crippen LogP contribution in [-0.2, 0) is 0 Å². The highest BCUT2D eigenvalue weighted by Crippen LogP contribution is 2.91. The van der Waals surface area contributed by atoms with Crippen LogP contribution in [0, 0.1) is 52.3 Å². The van der Waals surface area contributed by atoms with Crippen molar-refractivity contribution >= 4 is 0 Å². The first kappa shape index (κ1) is 13.0. The Labute approximate surface area is 146 Å². The molecule has 6 aliphatic carbocycles. The zero-order valence-corrected chi connectivity index (χ0v) is 15.1. The summed E-state index contributed by atoms with van der Waals surface area (Å²) in [5.41, 5.74) is 0.361. The van der Waals surface area contributed by atoms with Gasteiger partial charge in [-0.2, -0.15) is 0 Å². The molecule has 1 aromatic heterocycles. The lowest BCUT2D eigenvalue weighted by Gasteiger charge is -2.91. The summed E-state index contributed by atoms with van der Waals surface area (Å²) in [5.74, 6) is 5.47. The van der Waals surface area contributed by atoms with Gasteiger partial charge in [-0.05, 0) is 71.5 Å². The second kappa shape index (κ2) is 3.11. The molecule has 5 nitrogen and oxygen atoms in total. The highest BCUT2D eigenvalue weighted by Gasteiger charge is 2.90. The van der Waals surface area contributed by atoms with Crippen LogP contribution in [0.5, 0.6) is 0 Å². The van der Waals surface area contributed by atoms with Gasteiger partial charge in [-0.25, -0.2) is 23.5 Å². The molecule has 5 heteroatoms. The number of hydrogen-bond acceptors (Lipinski definition) is 2. The Morgan fingerprint density at radius 1 is 0.840 bits per heavy atom. The Kier molecular flexibility index (Phi) is 1.62. The lowest BCUT2D eigenvalue weighted by atomic mass is 9.16. The van der Waals surface area contributed by atoms with Gasteiger partial charge >= 0.3 is 11.4 Å². The minimum absolute atomic E-state index is 0.0280. The minimum atomic E-state index is 0.0280. The quantitative estimate of drug-likeness (QED) is 0.786. The van der Waals surface area contributed by atoms with Crippen LogP contribution in [0.15, 0.2) is 9.59 Å². The molecule has 132 valence electrons. The van der Waals surface area contributed by atoms with Crippen LogP contribution in [0.1, 0.15) is 58.2 Å². The van der Waals surface area contributed by atoms with Gasteiger partial charge in [0.2, 0.25) is 0 Å². The summed E-state index contributed by atoms with van der Waals surface area (Å²) in [6.07, 6.45) is 3.43. The molecule has 2 aliphatic heterocycles. The zero-order chi connectivity index (χ0) is 16.8. The molecule has 0 saturated heterocycles. The van der Waals surface area contributed by atoms with E-state index in [0.717, 1.165) is 48.3 Å². The summed E-state index contributed by atoms with van der Waals surface area (Å²) in [4.78, 5) is 26.9. The molecule has 25 heavy (non-hydrogen) atoms. The van der Waals surface area contributed by atoms with Crippen LogP contribution < -0.4 is 11.4 Å². The van der Waals surface area contributed by atoms with Crippen molar-refractivity contribution < 1.29 is 0 Å². The average Bonchev–Trinajstić information content (AvgIpc) is 2.99. The number of aromatic nitrogens is 3. The fourth-order valence-electron chi connectivity index (χ4n) is 9.82. The fourth-order valence-corrected chi connectivity index (χ4v) is 9.82. The largest absolute Gasteiger partial charge is 0.347 e. The van der Waals surface area contributed by atoms with E-state index in [4.69, 9.17) is 0 Å². The van der Waals surface area contributed by atoms with Crippen LogP contribution in [0.25, 0.3) is 0 Å². The van der Waals surface area contributed by atoms with E-state index in [-0.39, 0.29) is 28.3 Å². The highest BCUT2D eigenvalue weighted by atomic mass is 16.2. The Hall–Kier alpha value is -1.26. The molecule has 6 fully saturated rings. The molecule has 7 atom stereocenters. The van der Waals surface area contributed by atoms with Gasteiger partial charge < -0.3 is 0 Å². The van der Waals surface area contributed by atoms with E-state index in [1.165, 1.54) is 6.42 Å². The van der Waals surface area contributed by atoms with E-state index in [1.807, 2.05) is 9.36 Å². The molecule has 1 aromatic rings. The van der Waals surface area contributed by atoms with Gasteiger partial charge in [0.15, 0.2) is 0 Å².